The minimum Gasteiger partial charge on any atom is -0.339 e. The summed E-state index contributed by atoms with van der Waals surface area (Å²) < 4.78 is 1.79. The van der Waals surface area contributed by atoms with Crippen LogP contribution in [0.4, 0.5) is 0 Å². The molecule has 1 amide bonds. The maximum Gasteiger partial charge on any atom is 0.253 e. The molecule has 8 nitrogen and oxygen atoms in total. The Hall–Kier alpha value is -3.29. The number of aryl methyl sites for hydroxylation is 1. The second-order valence-corrected chi connectivity index (χ2v) is 6.74. The van der Waals surface area contributed by atoms with E-state index in [9.17, 15) is 9.59 Å². The molecule has 0 atom stereocenters. The maximum atomic E-state index is 12.8. The molecule has 27 heavy (non-hydrogen) atoms. The summed E-state index contributed by atoms with van der Waals surface area (Å²) in [5.74, 6) is 0.870. The minimum absolute atomic E-state index is 0.0267. The van der Waals surface area contributed by atoms with Crippen molar-refractivity contribution in [3.8, 4) is 5.69 Å². The molecule has 0 radical (unpaired) electrons. The van der Waals surface area contributed by atoms with Gasteiger partial charge in [-0.3, -0.25) is 14.2 Å². The number of carbonyl (C=O) groups excluding carboxylic acids is 1. The zero-order valence-corrected chi connectivity index (χ0v) is 15.0. The maximum absolute atomic E-state index is 12.8. The normalized spacial score (nSPS) is 15.1. The molecule has 1 aromatic carbocycles. The van der Waals surface area contributed by atoms with Crippen molar-refractivity contribution in [1.29, 1.82) is 0 Å². The number of piperidine rings is 1. The highest BCUT2D eigenvalue weighted by Crippen LogP contribution is 2.27. The molecule has 0 spiro atoms. The zero-order valence-electron chi connectivity index (χ0n) is 15.0. The Morgan fingerprint density at radius 1 is 1.11 bits per heavy atom. The first-order valence-electron chi connectivity index (χ1n) is 8.92. The van der Waals surface area contributed by atoms with Gasteiger partial charge in [-0.1, -0.05) is 0 Å². The van der Waals surface area contributed by atoms with Crippen LogP contribution in [-0.2, 0) is 0 Å². The quantitative estimate of drug-likeness (QED) is 0.763. The molecule has 0 bridgehead atoms. The molecule has 0 saturated carbocycles. The van der Waals surface area contributed by atoms with E-state index < -0.39 is 0 Å². The molecule has 2 aromatic heterocycles. The largest absolute Gasteiger partial charge is 0.339 e. The summed E-state index contributed by atoms with van der Waals surface area (Å²) in [5, 5.41) is 7.57. The van der Waals surface area contributed by atoms with Gasteiger partial charge in [0.2, 0.25) is 0 Å². The van der Waals surface area contributed by atoms with Crippen molar-refractivity contribution in [2.24, 2.45) is 0 Å². The fourth-order valence-corrected chi connectivity index (χ4v) is 3.48. The first-order valence-corrected chi connectivity index (χ1v) is 8.92. The van der Waals surface area contributed by atoms with E-state index >= 15 is 0 Å². The number of H-pyrrole nitrogens is 1. The van der Waals surface area contributed by atoms with Crippen molar-refractivity contribution in [2.75, 3.05) is 13.1 Å². The molecular formula is C19H20N6O2. The topological polar surface area (TPSA) is 96.8 Å². The number of aromatic nitrogens is 5. The van der Waals surface area contributed by atoms with Gasteiger partial charge >= 0.3 is 0 Å². The lowest BCUT2D eigenvalue weighted by Crippen LogP contribution is -2.38. The molecule has 1 fully saturated rings. The summed E-state index contributed by atoms with van der Waals surface area (Å²) in [6.45, 7) is 3.10. The Morgan fingerprint density at radius 3 is 2.41 bits per heavy atom. The fourth-order valence-electron chi connectivity index (χ4n) is 3.48. The van der Waals surface area contributed by atoms with Gasteiger partial charge < -0.3 is 9.88 Å². The first kappa shape index (κ1) is 17.1. The van der Waals surface area contributed by atoms with Gasteiger partial charge in [0, 0.05) is 36.3 Å². The summed E-state index contributed by atoms with van der Waals surface area (Å²) in [5.41, 5.74) is 2.27. The summed E-state index contributed by atoms with van der Waals surface area (Å²) in [6, 6.07) is 8.98. The number of likely N-dealkylation sites (tertiary alicyclic amines) is 1. The predicted octanol–water partition coefficient (Wildman–Crippen LogP) is 1.68. The van der Waals surface area contributed by atoms with E-state index in [-0.39, 0.29) is 17.4 Å². The fraction of sp³-hybridized carbons (Fsp3) is 0.316. The average molecular weight is 364 g/mol. The molecule has 3 heterocycles. The summed E-state index contributed by atoms with van der Waals surface area (Å²) >= 11 is 0. The smallest absolute Gasteiger partial charge is 0.253 e. The summed E-state index contributed by atoms with van der Waals surface area (Å²) in [4.78, 5) is 33.4. The highest BCUT2D eigenvalue weighted by atomic mass is 16.2. The number of aromatic amines is 1. The zero-order chi connectivity index (χ0) is 18.8. The van der Waals surface area contributed by atoms with Gasteiger partial charge in [-0.15, -0.1) is 10.2 Å². The lowest BCUT2D eigenvalue weighted by Gasteiger charge is -2.31. The average Bonchev–Trinajstić information content (AvgIpc) is 3.22. The second kappa shape index (κ2) is 7.14. The Morgan fingerprint density at radius 2 is 1.78 bits per heavy atom. The third-order valence-electron chi connectivity index (χ3n) is 4.91. The van der Waals surface area contributed by atoms with Gasteiger partial charge in [-0.2, -0.15) is 0 Å². The summed E-state index contributed by atoms with van der Waals surface area (Å²) in [7, 11) is 0. The van der Waals surface area contributed by atoms with Gasteiger partial charge in [0.25, 0.3) is 11.5 Å². The van der Waals surface area contributed by atoms with Crippen LogP contribution in [0.3, 0.4) is 0 Å². The van der Waals surface area contributed by atoms with Crippen LogP contribution < -0.4 is 5.56 Å². The van der Waals surface area contributed by atoms with Crippen LogP contribution in [0.15, 0.2) is 47.8 Å². The van der Waals surface area contributed by atoms with E-state index in [0.29, 0.717) is 24.5 Å². The third-order valence-corrected chi connectivity index (χ3v) is 4.91. The van der Waals surface area contributed by atoms with Gasteiger partial charge in [-0.25, -0.2) is 4.98 Å². The van der Waals surface area contributed by atoms with Crippen LogP contribution in [0.25, 0.3) is 5.69 Å². The number of nitrogens with zero attached hydrogens (tertiary/aromatic N) is 5. The molecule has 0 aliphatic carbocycles. The van der Waals surface area contributed by atoms with Crippen LogP contribution in [0.2, 0.25) is 0 Å². The molecule has 0 unspecified atom stereocenters. The van der Waals surface area contributed by atoms with Gasteiger partial charge in [-0.05, 0) is 44.0 Å². The van der Waals surface area contributed by atoms with E-state index in [1.165, 1.54) is 0 Å². The lowest BCUT2D eigenvalue weighted by molar-refractivity contribution is 0.0712. The van der Waals surface area contributed by atoms with Crippen molar-refractivity contribution in [2.45, 2.75) is 25.7 Å². The standard InChI is InChI=1S/C19H20N6O2/c1-13-22-17(10-18(26)23-13)14-6-8-24(9-7-14)19(27)15-2-4-16(5-3-15)25-11-20-21-12-25/h2-5,10-12,14H,6-9H2,1H3,(H,22,23,26). The van der Waals surface area contributed by atoms with Crippen LogP contribution in [-0.4, -0.2) is 48.6 Å². The number of rotatable bonds is 3. The summed E-state index contributed by atoms with van der Waals surface area (Å²) in [6.07, 6.45) is 4.85. The third kappa shape index (κ3) is 3.64. The molecule has 1 aliphatic heterocycles. The predicted molar refractivity (Wildman–Crippen MR) is 98.8 cm³/mol. The molecule has 1 saturated heterocycles. The van der Waals surface area contributed by atoms with Crippen molar-refractivity contribution < 1.29 is 4.79 Å². The van der Waals surface area contributed by atoms with Crippen molar-refractivity contribution >= 4 is 5.91 Å². The van der Waals surface area contributed by atoms with Crippen LogP contribution in [0.1, 0.15) is 40.6 Å². The lowest BCUT2D eigenvalue weighted by atomic mass is 9.93. The molecule has 138 valence electrons. The van der Waals surface area contributed by atoms with Crippen molar-refractivity contribution in [1.82, 2.24) is 29.6 Å². The SMILES string of the molecule is Cc1nc(C2CCN(C(=O)c3ccc(-n4cnnc4)cc3)CC2)cc(=O)[nH]1. The van der Waals surface area contributed by atoms with E-state index in [1.807, 2.05) is 29.2 Å². The Kier molecular flexibility index (Phi) is 4.53. The highest BCUT2D eigenvalue weighted by Gasteiger charge is 2.25. The molecule has 1 N–H and O–H groups in total. The second-order valence-electron chi connectivity index (χ2n) is 6.74. The number of benzene rings is 1. The van der Waals surface area contributed by atoms with Crippen molar-refractivity contribution in [3.63, 3.8) is 0 Å². The van der Waals surface area contributed by atoms with Gasteiger partial charge in [0.1, 0.15) is 18.5 Å². The molecule has 8 heteroatoms. The number of hydrogen-bond donors (Lipinski definition) is 1. The van der Waals surface area contributed by atoms with Gasteiger partial charge in [0.15, 0.2) is 0 Å². The van der Waals surface area contributed by atoms with E-state index in [2.05, 4.69) is 20.2 Å². The Balaban J connectivity index is 1.42. The van der Waals surface area contributed by atoms with E-state index in [4.69, 9.17) is 0 Å². The van der Waals surface area contributed by atoms with Crippen LogP contribution in [0, 0.1) is 6.92 Å². The number of hydrogen-bond acceptors (Lipinski definition) is 5. The first-order chi connectivity index (χ1) is 13.1. The van der Waals surface area contributed by atoms with Crippen LogP contribution >= 0.6 is 0 Å². The monoisotopic (exact) mass is 364 g/mol. The van der Waals surface area contributed by atoms with Crippen LogP contribution in [0.5, 0.6) is 0 Å². The van der Waals surface area contributed by atoms with E-state index in [1.54, 1.807) is 30.2 Å². The molecule has 1 aliphatic rings. The number of nitrogens with one attached hydrogen (secondary N) is 1. The molecule has 3 aromatic rings. The Bertz CT molecular complexity index is 986. The number of amides is 1. The van der Waals surface area contributed by atoms with E-state index in [0.717, 1.165) is 24.2 Å². The highest BCUT2D eigenvalue weighted by molar-refractivity contribution is 5.94. The Labute approximate surface area is 155 Å². The minimum atomic E-state index is -0.121. The molecule has 4 rings (SSSR count). The van der Waals surface area contributed by atoms with Gasteiger partial charge in [0.05, 0.1) is 5.69 Å². The van der Waals surface area contributed by atoms with Crippen molar-refractivity contribution in [3.05, 3.63) is 70.4 Å². The molecular weight excluding hydrogens is 344 g/mol. The number of carbonyl (C=O) groups is 1.